The van der Waals surface area contributed by atoms with Crippen LogP contribution in [0.5, 0.6) is 0 Å². The van der Waals surface area contributed by atoms with E-state index in [-0.39, 0.29) is 4.99 Å². The van der Waals surface area contributed by atoms with Gasteiger partial charge >= 0.3 is 0 Å². The van der Waals surface area contributed by atoms with Crippen LogP contribution in [-0.2, 0) is 0 Å². The number of halogens is 4. The minimum absolute atomic E-state index is 0.245. The summed E-state index contributed by atoms with van der Waals surface area (Å²) < 4.78 is 0. The van der Waals surface area contributed by atoms with Crippen LogP contribution in [-0.4, -0.2) is 4.99 Å². The highest BCUT2D eigenvalue weighted by molar-refractivity contribution is 7.80. The van der Waals surface area contributed by atoms with E-state index < -0.39 is 0 Å². The molecule has 0 heterocycles. The topological polar surface area (TPSA) is 38.0 Å². The maximum absolute atomic E-state index is 6.10. The van der Waals surface area contributed by atoms with Crippen molar-refractivity contribution in [1.82, 2.24) is 0 Å². The van der Waals surface area contributed by atoms with E-state index in [9.17, 15) is 0 Å². The number of benzene rings is 2. The first-order valence-corrected chi connectivity index (χ1v) is 7.31. The van der Waals surface area contributed by atoms with Crippen molar-refractivity contribution in [3.63, 3.8) is 0 Å². The Bertz CT molecular complexity index is 688. The number of nitrogens with two attached hydrogens (primary N) is 1. The van der Waals surface area contributed by atoms with Crippen molar-refractivity contribution in [2.75, 3.05) is 5.32 Å². The lowest BCUT2D eigenvalue weighted by atomic mass is 10.2. The average Bonchev–Trinajstić information content (AvgIpc) is 2.35. The van der Waals surface area contributed by atoms with Crippen LogP contribution < -0.4 is 11.1 Å². The second kappa shape index (κ2) is 6.37. The fourth-order valence-corrected chi connectivity index (χ4v) is 2.68. The van der Waals surface area contributed by atoms with Crippen LogP contribution in [0.4, 0.5) is 11.4 Å². The summed E-state index contributed by atoms with van der Waals surface area (Å²) in [5, 5.41) is 4.81. The molecule has 2 nitrogen and oxygen atoms in total. The molecular formula is C13H8Cl4N2S. The molecule has 0 amide bonds. The first-order chi connectivity index (χ1) is 9.38. The zero-order valence-corrected chi connectivity index (χ0v) is 13.7. The molecule has 0 spiro atoms. The zero-order chi connectivity index (χ0) is 14.9. The van der Waals surface area contributed by atoms with Crippen molar-refractivity contribution in [2.24, 2.45) is 5.73 Å². The van der Waals surface area contributed by atoms with Gasteiger partial charge in [-0.05, 0) is 30.3 Å². The molecule has 0 atom stereocenters. The van der Waals surface area contributed by atoms with Gasteiger partial charge in [0, 0.05) is 11.3 Å². The number of nitrogens with one attached hydrogen (secondary N) is 1. The molecule has 2 aromatic rings. The fourth-order valence-electron chi connectivity index (χ4n) is 1.57. The Morgan fingerprint density at radius 1 is 0.900 bits per heavy atom. The molecule has 2 rings (SSSR count). The van der Waals surface area contributed by atoms with Crippen LogP contribution in [0, 0.1) is 0 Å². The molecule has 0 fully saturated rings. The molecule has 7 heteroatoms. The lowest BCUT2D eigenvalue weighted by molar-refractivity contribution is 1.53. The van der Waals surface area contributed by atoms with Crippen LogP contribution in [0.25, 0.3) is 0 Å². The molecule has 0 aromatic heterocycles. The van der Waals surface area contributed by atoms with Gasteiger partial charge in [-0.1, -0.05) is 58.6 Å². The minimum Gasteiger partial charge on any atom is -0.389 e. The zero-order valence-electron chi connectivity index (χ0n) is 9.88. The molecule has 0 bridgehead atoms. The first kappa shape index (κ1) is 15.7. The quantitative estimate of drug-likeness (QED) is 0.542. The Morgan fingerprint density at radius 3 is 2.15 bits per heavy atom. The van der Waals surface area contributed by atoms with E-state index in [2.05, 4.69) is 5.32 Å². The maximum Gasteiger partial charge on any atom is 0.105 e. The van der Waals surface area contributed by atoms with Gasteiger partial charge in [0.15, 0.2) is 0 Å². The Labute approximate surface area is 141 Å². The molecule has 0 unspecified atom stereocenters. The van der Waals surface area contributed by atoms with E-state index in [0.29, 0.717) is 31.3 Å². The molecule has 0 aliphatic carbocycles. The minimum atomic E-state index is 0.245. The molecule has 0 saturated heterocycles. The van der Waals surface area contributed by atoms with Crippen molar-refractivity contribution < 1.29 is 0 Å². The third-order valence-electron chi connectivity index (χ3n) is 2.52. The van der Waals surface area contributed by atoms with Crippen molar-refractivity contribution in [3.8, 4) is 0 Å². The summed E-state index contributed by atoms with van der Waals surface area (Å²) in [4.78, 5) is 0.245. The molecule has 0 aliphatic rings. The van der Waals surface area contributed by atoms with Gasteiger partial charge in [-0.25, -0.2) is 0 Å². The van der Waals surface area contributed by atoms with Gasteiger partial charge in [0.2, 0.25) is 0 Å². The Hall–Kier alpha value is -0.710. The Balaban J connectivity index is 2.33. The van der Waals surface area contributed by atoms with Crippen molar-refractivity contribution in [1.29, 1.82) is 0 Å². The third-order valence-corrected chi connectivity index (χ3v) is 4.09. The molecule has 0 saturated carbocycles. The summed E-state index contributed by atoms with van der Waals surface area (Å²) in [6, 6.07) is 8.44. The predicted octanol–water partition coefficient (Wildman–Crippen LogP) is 5.68. The second-order valence-corrected chi connectivity index (χ2v) is 6.00. The van der Waals surface area contributed by atoms with Crippen LogP contribution in [0.15, 0.2) is 30.3 Å². The summed E-state index contributed by atoms with van der Waals surface area (Å²) in [5.74, 6) is 0. The van der Waals surface area contributed by atoms with Gasteiger partial charge in [-0.2, -0.15) is 0 Å². The molecule has 3 N–H and O–H groups in total. The number of rotatable bonds is 3. The standard InChI is InChI=1S/C13H8Cl4N2S/c14-8-3-6(1-2-7(8)13(18)20)19-12-5-10(16)9(15)4-11(12)17/h1-5,19H,(H2,18,20). The van der Waals surface area contributed by atoms with Crippen molar-refractivity contribution in [3.05, 3.63) is 56.0 Å². The van der Waals surface area contributed by atoms with Crippen LogP contribution in [0.1, 0.15) is 5.56 Å². The smallest absolute Gasteiger partial charge is 0.105 e. The van der Waals surface area contributed by atoms with Gasteiger partial charge < -0.3 is 11.1 Å². The average molecular weight is 366 g/mol. The number of thiocarbonyl (C=S) groups is 1. The largest absolute Gasteiger partial charge is 0.389 e. The van der Waals surface area contributed by atoms with Crippen LogP contribution >= 0.6 is 58.6 Å². The Kier molecular flexibility index (Phi) is 4.99. The molecular weight excluding hydrogens is 358 g/mol. The highest BCUT2D eigenvalue weighted by Crippen LogP contribution is 2.34. The first-order valence-electron chi connectivity index (χ1n) is 5.39. The number of hydrogen-bond acceptors (Lipinski definition) is 2. The summed E-state index contributed by atoms with van der Waals surface area (Å²) in [5.41, 5.74) is 7.53. The van der Waals surface area contributed by atoms with E-state index in [0.717, 1.165) is 5.69 Å². The number of hydrogen-bond donors (Lipinski definition) is 2. The summed E-state index contributed by atoms with van der Waals surface area (Å²) in [7, 11) is 0. The van der Waals surface area contributed by atoms with Gasteiger partial charge in [0.1, 0.15) is 4.99 Å². The molecule has 2 aromatic carbocycles. The summed E-state index contributed by atoms with van der Waals surface area (Å²) in [6.45, 7) is 0. The monoisotopic (exact) mass is 364 g/mol. The highest BCUT2D eigenvalue weighted by Gasteiger charge is 2.08. The number of anilines is 2. The fraction of sp³-hybridized carbons (Fsp3) is 0. The van der Waals surface area contributed by atoms with Gasteiger partial charge in [0.25, 0.3) is 0 Å². The molecule has 0 aliphatic heterocycles. The lowest BCUT2D eigenvalue weighted by Gasteiger charge is -2.11. The lowest BCUT2D eigenvalue weighted by Crippen LogP contribution is -2.09. The molecule has 104 valence electrons. The van der Waals surface area contributed by atoms with E-state index in [1.165, 1.54) is 0 Å². The SMILES string of the molecule is NC(=S)c1ccc(Nc2cc(Cl)c(Cl)cc2Cl)cc1Cl. The van der Waals surface area contributed by atoms with E-state index in [1.807, 2.05) is 0 Å². The van der Waals surface area contributed by atoms with Crippen molar-refractivity contribution >= 4 is 75.0 Å². The van der Waals surface area contributed by atoms with E-state index >= 15 is 0 Å². The van der Waals surface area contributed by atoms with E-state index in [1.54, 1.807) is 30.3 Å². The normalized spacial score (nSPS) is 10.4. The highest BCUT2D eigenvalue weighted by atomic mass is 35.5. The van der Waals surface area contributed by atoms with E-state index in [4.69, 9.17) is 64.4 Å². The van der Waals surface area contributed by atoms with Crippen LogP contribution in [0.3, 0.4) is 0 Å². The van der Waals surface area contributed by atoms with Gasteiger partial charge in [-0.15, -0.1) is 0 Å². The summed E-state index contributed by atoms with van der Waals surface area (Å²) in [6.07, 6.45) is 0. The Morgan fingerprint density at radius 2 is 1.55 bits per heavy atom. The summed E-state index contributed by atoms with van der Waals surface area (Å²) >= 11 is 28.9. The van der Waals surface area contributed by atoms with Crippen molar-refractivity contribution in [2.45, 2.75) is 0 Å². The maximum atomic E-state index is 6.10. The molecule has 0 radical (unpaired) electrons. The predicted molar refractivity (Wildman–Crippen MR) is 92.1 cm³/mol. The van der Waals surface area contributed by atoms with Crippen LogP contribution in [0.2, 0.25) is 20.1 Å². The third kappa shape index (κ3) is 3.48. The van der Waals surface area contributed by atoms with Gasteiger partial charge in [0.05, 0.1) is 25.8 Å². The molecule has 20 heavy (non-hydrogen) atoms. The van der Waals surface area contributed by atoms with Gasteiger partial charge in [-0.3, -0.25) is 0 Å². The second-order valence-electron chi connectivity index (χ2n) is 3.93.